The van der Waals surface area contributed by atoms with E-state index < -0.39 is 109 Å². The smallest absolute Gasteiger partial charge is 0.397 e. The summed E-state index contributed by atoms with van der Waals surface area (Å²) in [5, 5.41) is 64.1. The molecule has 444 valence electrons. The molecule has 14 atom stereocenters. The molecule has 0 radical (unpaired) electrons. The van der Waals surface area contributed by atoms with Crippen molar-refractivity contribution >= 4 is 22.3 Å². The Bertz CT molecular complexity index is 1540. The third kappa shape index (κ3) is 30.0. The van der Waals surface area contributed by atoms with Gasteiger partial charge in [-0.1, -0.05) is 221 Å². The SMILES string of the molecule is CCCCCCCCCCCCCCCCCC(=O)OC1C(OC2OC(CO)C(O)C(O)C2OS(=O)(=O)O)OC(CO)C(O)C1OC(=O)C(C)CC(C)CC(C)C(O)CCCCCCCCCCCCCCCCC. The van der Waals surface area contributed by atoms with Crippen molar-refractivity contribution < 1.29 is 81.1 Å². The van der Waals surface area contributed by atoms with E-state index in [1.54, 1.807) is 6.92 Å². The van der Waals surface area contributed by atoms with Crippen molar-refractivity contribution in [2.24, 2.45) is 17.8 Å². The zero-order chi connectivity index (χ0) is 55.4. The summed E-state index contributed by atoms with van der Waals surface area (Å²) in [6, 6.07) is 0. The number of rotatable bonds is 46. The second-order valence-corrected chi connectivity index (χ2v) is 23.4. The van der Waals surface area contributed by atoms with Crippen molar-refractivity contribution in [3.8, 4) is 0 Å². The lowest BCUT2D eigenvalue weighted by molar-refractivity contribution is -0.374. The lowest BCUT2D eigenvalue weighted by Gasteiger charge is -2.46. The van der Waals surface area contributed by atoms with Gasteiger partial charge in [0.05, 0.1) is 25.2 Å². The number of ether oxygens (including phenoxy) is 5. The summed E-state index contributed by atoms with van der Waals surface area (Å²) in [5.74, 6) is -2.32. The molecule has 0 aromatic carbocycles. The first-order valence-corrected chi connectivity index (χ1v) is 31.3. The minimum Gasteiger partial charge on any atom is -0.455 e. The molecule has 0 aromatic rings. The lowest BCUT2D eigenvalue weighted by atomic mass is 9.86. The molecule has 0 amide bonds. The van der Waals surface area contributed by atoms with Gasteiger partial charge in [-0.3, -0.25) is 14.1 Å². The van der Waals surface area contributed by atoms with Crippen LogP contribution in [0.1, 0.15) is 253 Å². The Hall–Kier alpha value is -1.55. The molecule has 0 saturated carbocycles. The Labute approximate surface area is 453 Å². The second kappa shape index (κ2) is 41.5. The predicted molar refractivity (Wildman–Crippen MR) is 289 cm³/mol. The molecule has 14 unspecified atom stereocenters. The normalized spacial score (nSPS) is 25.9. The summed E-state index contributed by atoms with van der Waals surface area (Å²) in [5.41, 5.74) is 0. The predicted octanol–water partition coefficient (Wildman–Crippen LogP) is 10.1. The highest BCUT2D eigenvalue weighted by Crippen LogP contribution is 2.34. The fourth-order valence-corrected chi connectivity index (χ4v) is 11.1. The maximum atomic E-state index is 13.9. The quantitative estimate of drug-likeness (QED) is 0.0170. The topological polar surface area (TPSA) is 265 Å². The highest BCUT2D eigenvalue weighted by Gasteiger charge is 2.54. The fraction of sp³-hybridized carbons (Fsp3) is 0.965. The molecule has 2 saturated heterocycles. The molecule has 0 aromatic heterocycles. The molecule has 0 bridgehead atoms. The van der Waals surface area contributed by atoms with Crippen LogP contribution in [0, 0.1) is 17.8 Å². The molecule has 0 aliphatic carbocycles. The molecule has 2 heterocycles. The molecule has 7 N–H and O–H groups in total. The van der Waals surface area contributed by atoms with Crippen LogP contribution in [-0.2, 0) is 47.9 Å². The van der Waals surface area contributed by atoms with E-state index in [4.69, 9.17) is 23.7 Å². The van der Waals surface area contributed by atoms with E-state index >= 15 is 0 Å². The molecule has 2 rings (SSSR count). The van der Waals surface area contributed by atoms with Gasteiger partial charge >= 0.3 is 22.3 Å². The van der Waals surface area contributed by atoms with Crippen LogP contribution in [0.2, 0.25) is 0 Å². The van der Waals surface area contributed by atoms with E-state index in [1.165, 1.54) is 135 Å². The largest absolute Gasteiger partial charge is 0.455 e. The van der Waals surface area contributed by atoms with Crippen LogP contribution in [0.25, 0.3) is 0 Å². The first-order valence-electron chi connectivity index (χ1n) is 29.9. The Morgan fingerprint density at radius 1 is 0.520 bits per heavy atom. The van der Waals surface area contributed by atoms with Crippen LogP contribution < -0.4 is 0 Å². The molecule has 0 spiro atoms. The van der Waals surface area contributed by atoms with Crippen molar-refractivity contribution in [3.05, 3.63) is 0 Å². The number of esters is 2. The zero-order valence-electron chi connectivity index (χ0n) is 47.2. The summed E-state index contributed by atoms with van der Waals surface area (Å²) >= 11 is 0. The van der Waals surface area contributed by atoms with Gasteiger partial charge in [0.2, 0.25) is 6.29 Å². The highest BCUT2D eigenvalue weighted by molar-refractivity contribution is 7.80. The molecular weight excluding hydrogens is 989 g/mol. The highest BCUT2D eigenvalue weighted by atomic mass is 32.3. The molecule has 75 heavy (non-hydrogen) atoms. The number of hydrogen-bond donors (Lipinski definition) is 7. The fourth-order valence-electron chi connectivity index (χ4n) is 10.7. The van der Waals surface area contributed by atoms with Crippen LogP contribution in [0.4, 0.5) is 0 Å². The summed E-state index contributed by atoms with van der Waals surface area (Å²) in [4.78, 5) is 27.5. The Kier molecular flexibility index (Phi) is 38.5. The van der Waals surface area contributed by atoms with Gasteiger partial charge in [-0.05, 0) is 37.5 Å². The first-order chi connectivity index (χ1) is 36.0. The maximum Gasteiger partial charge on any atom is 0.397 e. The van der Waals surface area contributed by atoms with Crippen LogP contribution in [0.5, 0.6) is 0 Å². The molecule has 2 aliphatic heterocycles. The molecule has 17 nitrogen and oxygen atoms in total. The minimum absolute atomic E-state index is 0.0212. The van der Waals surface area contributed by atoms with E-state index in [0.29, 0.717) is 25.7 Å². The van der Waals surface area contributed by atoms with Crippen molar-refractivity contribution in [1.29, 1.82) is 0 Å². The van der Waals surface area contributed by atoms with E-state index in [1.807, 2.05) is 13.8 Å². The Morgan fingerprint density at radius 3 is 1.35 bits per heavy atom. The standard InChI is InChI=1S/C57H108O17S/c1-6-8-10-12-14-16-18-20-22-24-26-28-30-32-34-36-45(60)43(4)38-42(3)39-44(5)55(65)72-52-50(63)47(41-59)70-57(73-56-53(74-75(66,67)68)51(64)49(62)46(40-58)69-56)54(52)71-48(61)37-35-33-31-29-27-25-23-21-19-17-15-13-11-9-7-2/h42-47,49-54,56-60,62-64H,6-41H2,1-5H3,(H,66,67,68). The van der Waals surface area contributed by atoms with E-state index in [-0.39, 0.29) is 18.3 Å². The van der Waals surface area contributed by atoms with Gasteiger partial charge in [0.15, 0.2) is 24.6 Å². The average Bonchev–Trinajstić information content (AvgIpc) is 3.37. The Balaban J connectivity index is 2.01. The van der Waals surface area contributed by atoms with Gasteiger partial charge < -0.3 is 54.3 Å². The lowest BCUT2D eigenvalue weighted by Crippen LogP contribution is -2.65. The summed E-state index contributed by atoms with van der Waals surface area (Å²) in [7, 11) is -5.32. The van der Waals surface area contributed by atoms with Gasteiger partial charge in [0.25, 0.3) is 0 Å². The van der Waals surface area contributed by atoms with E-state index in [9.17, 15) is 53.2 Å². The molecule has 2 fully saturated rings. The summed E-state index contributed by atoms with van der Waals surface area (Å²) in [6.45, 7) is 8.39. The number of hydrogen-bond acceptors (Lipinski definition) is 16. The van der Waals surface area contributed by atoms with Crippen molar-refractivity contribution in [2.75, 3.05) is 13.2 Å². The van der Waals surface area contributed by atoms with Gasteiger partial charge in [-0.25, -0.2) is 4.18 Å². The van der Waals surface area contributed by atoms with Crippen LogP contribution in [0.15, 0.2) is 0 Å². The van der Waals surface area contributed by atoms with Gasteiger partial charge in [0.1, 0.15) is 30.5 Å². The third-order valence-corrected chi connectivity index (χ3v) is 15.8. The maximum absolute atomic E-state index is 13.9. The number of carbonyl (C=O) groups excluding carboxylic acids is 2. The number of unbranched alkanes of at least 4 members (excludes halogenated alkanes) is 28. The number of aliphatic hydroxyl groups is 6. The van der Waals surface area contributed by atoms with Crippen LogP contribution in [0.3, 0.4) is 0 Å². The molecule has 18 heteroatoms. The average molecular weight is 1100 g/mol. The summed E-state index contributed by atoms with van der Waals surface area (Å²) in [6.07, 6.45) is 18.7. The van der Waals surface area contributed by atoms with Gasteiger partial charge in [-0.2, -0.15) is 8.42 Å². The number of aliphatic hydroxyl groups excluding tert-OH is 6. The number of carbonyl (C=O) groups is 2. The second-order valence-electron chi connectivity index (χ2n) is 22.4. The van der Waals surface area contributed by atoms with Crippen molar-refractivity contribution in [3.63, 3.8) is 0 Å². The van der Waals surface area contributed by atoms with E-state index in [2.05, 4.69) is 18.0 Å². The minimum atomic E-state index is -5.32. The van der Waals surface area contributed by atoms with Crippen molar-refractivity contribution in [1.82, 2.24) is 0 Å². The van der Waals surface area contributed by atoms with Crippen LogP contribution >= 0.6 is 0 Å². The van der Waals surface area contributed by atoms with Crippen LogP contribution in [-0.4, -0.2) is 136 Å². The summed E-state index contributed by atoms with van der Waals surface area (Å²) < 4.78 is 66.9. The third-order valence-electron chi connectivity index (χ3n) is 15.3. The zero-order valence-corrected chi connectivity index (χ0v) is 48.0. The van der Waals surface area contributed by atoms with Gasteiger partial charge in [0, 0.05) is 6.42 Å². The monoisotopic (exact) mass is 1100 g/mol. The Morgan fingerprint density at radius 2 is 0.920 bits per heavy atom. The van der Waals surface area contributed by atoms with Crippen molar-refractivity contribution in [2.45, 2.75) is 320 Å². The first kappa shape index (κ1) is 69.6. The molecule has 2 aliphatic rings. The van der Waals surface area contributed by atoms with E-state index in [0.717, 1.165) is 51.4 Å². The van der Waals surface area contributed by atoms with Gasteiger partial charge in [-0.15, -0.1) is 0 Å². The molecular formula is C57H108O17S.